The Hall–Kier alpha value is -4.66. The summed E-state index contributed by atoms with van der Waals surface area (Å²) in [6.45, 7) is 11.3. The molecule has 0 aromatic rings. The van der Waals surface area contributed by atoms with Crippen LogP contribution in [-0.4, -0.2) is 136 Å². The van der Waals surface area contributed by atoms with Crippen molar-refractivity contribution in [2.24, 2.45) is 0 Å². The van der Waals surface area contributed by atoms with Crippen LogP contribution in [-0.2, 0) is 95.2 Å². The van der Waals surface area contributed by atoms with Gasteiger partial charge in [0.15, 0.2) is 43.1 Å². The second-order valence-electron chi connectivity index (χ2n) is 12.2. The van der Waals surface area contributed by atoms with Crippen LogP contribution in [0.4, 0.5) is 0 Å². The summed E-state index contributed by atoms with van der Waals surface area (Å²) in [5.41, 5.74) is 0.224. The van der Waals surface area contributed by atoms with Crippen molar-refractivity contribution in [2.45, 2.75) is 130 Å². The highest BCUT2D eigenvalue weighted by Crippen LogP contribution is 2.35. The van der Waals surface area contributed by atoms with Crippen LogP contribution in [0.15, 0.2) is 12.2 Å². The van der Waals surface area contributed by atoms with Gasteiger partial charge in [-0.3, -0.25) is 33.6 Å². The van der Waals surface area contributed by atoms with Crippen LogP contribution in [0.3, 0.4) is 0 Å². The zero-order valence-electron chi connectivity index (χ0n) is 31.4. The van der Waals surface area contributed by atoms with Gasteiger partial charge in [0, 0.05) is 54.0 Å². The fraction of sp³-hybridized carbons (Fsp3) is 0.706. The van der Waals surface area contributed by atoms with E-state index in [1.165, 1.54) is 6.92 Å². The molecule has 2 saturated heterocycles. The Bertz CT molecular complexity index is 1380. The summed E-state index contributed by atoms with van der Waals surface area (Å²) in [6, 6.07) is 0. The van der Waals surface area contributed by atoms with Crippen LogP contribution >= 0.6 is 0 Å². The maximum absolute atomic E-state index is 12.5. The monoisotopic (exact) mass is 776 g/mol. The number of esters is 8. The molecule has 0 amide bonds. The molecule has 2 fully saturated rings. The van der Waals surface area contributed by atoms with Crippen LogP contribution in [0.1, 0.15) is 68.2 Å². The molecule has 2 aliphatic rings. The Morgan fingerprint density at radius 3 is 1.31 bits per heavy atom. The lowest BCUT2D eigenvalue weighted by atomic mass is 9.96. The number of rotatable bonds is 18. The third kappa shape index (κ3) is 15.0. The van der Waals surface area contributed by atoms with E-state index < -0.39 is 122 Å². The van der Waals surface area contributed by atoms with E-state index in [2.05, 4.69) is 6.58 Å². The molecule has 304 valence electrons. The van der Waals surface area contributed by atoms with E-state index in [4.69, 9.17) is 56.8 Å². The average molecular weight is 777 g/mol. The lowest BCUT2D eigenvalue weighted by Gasteiger charge is -2.48. The maximum Gasteiger partial charge on any atom is 0.333 e. The van der Waals surface area contributed by atoms with Crippen LogP contribution in [0.2, 0.25) is 0 Å². The smallest absolute Gasteiger partial charge is 0.333 e. The number of unbranched alkanes of at least 4 members (excludes halogenated alkanes) is 1. The summed E-state index contributed by atoms with van der Waals surface area (Å²) in [7, 11) is 0. The van der Waals surface area contributed by atoms with Crippen molar-refractivity contribution in [1.29, 1.82) is 0 Å². The number of ether oxygens (including phenoxy) is 12. The number of carbonyl (C=O) groups excluding carboxylic acids is 8. The summed E-state index contributed by atoms with van der Waals surface area (Å²) in [4.78, 5) is 97.2. The molecule has 0 bridgehead atoms. The molecule has 0 unspecified atom stereocenters. The molecule has 0 N–H and O–H groups in total. The highest BCUT2D eigenvalue weighted by atomic mass is 16.8. The van der Waals surface area contributed by atoms with Crippen molar-refractivity contribution < 1.29 is 95.2 Å². The predicted octanol–water partition coefficient (Wildman–Crippen LogP) is 0.522. The molecule has 2 heterocycles. The second kappa shape index (κ2) is 21.9. The molecule has 10 atom stereocenters. The SMILES string of the molecule is C=C(C)C(=O)OCCCCO[C@@H]1O[C@H](COC(C)=O)[C@@H](O[C@@H]2O[C@H](COC(C)=O)[C@@H](OC(C)=O)[C@H](OC(C)=O)[C@H]2OC(C)=O)[C@H](OC(C)=O)[C@H]1OC(C)=O. The van der Waals surface area contributed by atoms with Crippen molar-refractivity contribution in [1.82, 2.24) is 0 Å². The molecule has 2 rings (SSSR count). The van der Waals surface area contributed by atoms with Crippen molar-refractivity contribution in [3.05, 3.63) is 12.2 Å². The standard InChI is InChI=1S/C34H48O20/c1-16(2)32(42)43-12-10-11-13-44-33-30(50-22(8)40)29(49-21(7)39)27(25(52-33)15-46-18(4)36)54-34-31(51-23(9)41)28(48-20(6)38)26(47-19(5)37)24(53-34)14-45-17(3)35/h24-31,33-34H,1,10-15H2,2-9H3/t24-,25-,26-,27-,28+,29+,30-,31-,33-,34+/m1/s1. The van der Waals surface area contributed by atoms with Crippen LogP contribution in [0.5, 0.6) is 0 Å². The summed E-state index contributed by atoms with van der Waals surface area (Å²) >= 11 is 0. The van der Waals surface area contributed by atoms with E-state index >= 15 is 0 Å². The molecule has 2 aliphatic heterocycles. The second-order valence-corrected chi connectivity index (χ2v) is 12.2. The Morgan fingerprint density at radius 2 is 0.852 bits per heavy atom. The van der Waals surface area contributed by atoms with E-state index in [1.54, 1.807) is 0 Å². The molecule has 0 spiro atoms. The normalized spacial score (nSPS) is 27.6. The van der Waals surface area contributed by atoms with E-state index in [0.29, 0.717) is 12.8 Å². The highest BCUT2D eigenvalue weighted by Gasteiger charge is 2.57. The number of carbonyl (C=O) groups is 8. The minimum atomic E-state index is -1.81. The van der Waals surface area contributed by atoms with Crippen LogP contribution in [0, 0.1) is 0 Å². The summed E-state index contributed by atoms with van der Waals surface area (Å²) in [6.07, 6.45) is -15.0. The predicted molar refractivity (Wildman–Crippen MR) is 174 cm³/mol. The van der Waals surface area contributed by atoms with E-state index in [-0.39, 0.29) is 18.8 Å². The van der Waals surface area contributed by atoms with Gasteiger partial charge in [-0.15, -0.1) is 0 Å². The average Bonchev–Trinajstić information content (AvgIpc) is 3.04. The van der Waals surface area contributed by atoms with Gasteiger partial charge in [0.25, 0.3) is 0 Å². The first-order valence-electron chi connectivity index (χ1n) is 16.8. The van der Waals surface area contributed by atoms with Gasteiger partial charge in [-0.05, 0) is 19.8 Å². The minimum absolute atomic E-state index is 0.0466. The van der Waals surface area contributed by atoms with Gasteiger partial charge in [0.1, 0.15) is 31.5 Å². The molecule has 0 aromatic heterocycles. The topological polar surface area (TPSA) is 247 Å². The van der Waals surface area contributed by atoms with Crippen molar-refractivity contribution in [3.63, 3.8) is 0 Å². The van der Waals surface area contributed by atoms with Crippen LogP contribution in [0.25, 0.3) is 0 Å². The molecule has 0 saturated carbocycles. The van der Waals surface area contributed by atoms with Gasteiger partial charge < -0.3 is 56.8 Å². The van der Waals surface area contributed by atoms with E-state index in [0.717, 1.165) is 48.5 Å². The molecule has 0 radical (unpaired) electrons. The first-order chi connectivity index (χ1) is 25.3. The Morgan fingerprint density at radius 1 is 0.463 bits per heavy atom. The van der Waals surface area contributed by atoms with Gasteiger partial charge in [0.2, 0.25) is 0 Å². The Balaban J connectivity index is 2.60. The van der Waals surface area contributed by atoms with Crippen LogP contribution < -0.4 is 0 Å². The third-order valence-corrected chi connectivity index (χ3v) is 7.29. The number of hydrogen-bond donors (Lipinski definition) is 0. The molecule has 20 heteroatoms. The van der Waals surface area contributed by atoms with Crippen molar-refractivity contribution in [2.75, 3.05) is 26.4 Å². The first-order valence-corrected chi connectivity index (χ1v) is 16.8. The minimum Gasteiger partial charge on any atom is -0.463 e. The van der Waals surface area contributed by atoms with Crippen molar-refractivity contribution >= 4 is 47.8 Å². The maximum atomic E-state index is 12.5. The van der Waals surface area contributed by atoms with E-state index in [1.807, 2.05) is 0 Å². The largest absolute Gasteiger partial charge is 0.463 e. The third-order valence-electron chi connectivity index (χ3n) is 7.29. The quantitative estimate of drug-likeness (QED) is 0.0796. The summed E-state index contributed by atoms with van der Waals surface area (Å²) in [5.74, 6) is -6.53. The summed E-state index contributed by atoms with van der Waals surface area (Å²) < 4.78 is 67.2. The van der Waals surface area contributed by atoms with Gasteiger partial charge >= 0.3 is 47.8 Å². The van der Waals surface area contributed by atoms with Gasteiger partial charge in [0.05, 0.1) is 13.2 Å². The van der Waals surface area contributed by atoms with E-state index in [9.17, 15) is 38.4 Å². The lowest BCUT2D eigenvalue weighted by Crippen LogP contribution is -2.67. The lowest BCUT2D eigenvalue weighted by molar-refractivity contribution is -0.361. The molecule has 0 aromatic carbocycles. The zero-order chi connectivity index (χ0) is 40.7. The highest BCUT2D eigenvalue weighted by molar-refractivity contribution is 5.86. The molecular formula is C34H48O20. The molecular weight excluding hydrogens is 728 g/mol. The van der Waals surface area contributed by atoms with Gasteiger partial charge in [-0.2, -0.15) is 0 Å². The molecule has 0 aliphatic carbocycles. The van der Waals surface area contributed by atoms with Crippen molar-refractivity contribution in [3.8, 4) is 0 Å². The fourth-order valence-corrected chi connectivity index (χ4v) is 5.30. The Labute approximate surface area is 311 Å². The summed E-state index contributed by atoms with van der Waals surface area (Å²) in [5, 5.41) is 0. The Kier molecular flexibility index (Phi) is 18.4. The number of hydrogen-bond acceptors (Lipinski definition) is 20. The van der Waals surface area contributed by atoms with Gasteiger partial charge in [-0.25, -0.2) is 4.79 Å². The molecule has 54 heavy (non-hydrogen) atoms. The first kappa shape index (κ1) is 45.5. The zero-order valence-corrected chi connectivity index (χ0v) is 31.4. The van der Waals surface area contributed by atoms with Gasteiger partial charge in [-0.1, -0.05) is 6.58 Å². The fourth-order valence-electron chi connectivity index (χ4n) is 5.30. The molecule has 20 nitrogen and oxygen atoms in total.